The van der Waals surface area contributed by atoms with Gasteiger partial charge in [-0.2, -0.15) is 0 Å². The molecule has 2 aliphatic heterocycles. The molecule has 0 radical (unpaired) electrons. The Hall–Kier alpha value is -2.37. The van der Waals surface area contributed by atoms with Crippen molar-refractivity contribution >= 4 is 17.7 Å². The van der Waals surface area contributed by atoms with Gasteiger partial charge in [0, 0.05) is 42.7 Å². The lowest BCUT2D eigenvalue weighted by Gasteiger charge is -2.62. The van der Waals surface area contributed by atoms with Crippen LogP contribution in [-0.2, 0) is 4.79 Å². The lowest BCUT2D eigenvalue weighted by molar-refractivity contribution is -0.157. The molecule has 0 spiro atoms. The third kappa shape index (κ3) is 2.65. The Bertz CT molecular complexity index is 787. The summed E-state index contributed by atoms with van der Waals surface area (Å²) < 4.78 is 0. The van der Waals surface area contributed by atoms with Gasteiger partial charge in [-0.15, -0.1) is 0 Å². The molecule has 0 aromatic heterocycles. The van der Waals surface area contributed by atoms with E-state index in [1.807, 2.05) is 4.90 Å². The summed E-state index contributed by atoms with van der Waals surface area (Å²) in [5.74, 6) is 0.667. The topological polar surface area (TPSA) is 83.7 Å². The maximum absolute atomic E-state index is 12.9. The number of rotatable bonds is 4. The summed E-state index contributed by atoms with van der Waals surface area (Å²) in [4.78, 5) is 41.0. The zero-order valence-corrected chi connectivity index (χ0v) is 15.4. The molecule has 3 saturated carbocycles. The molecule has 3 amide bonds. The van der Waals surface area contributed by atoms with Crippen LogP contribution < -0.4 is 5.73 Å². The second-order valence-corrected chi connectivity index (χ2v) is 8.99. The Morgan fingerprint density at radius 1 is 0.963 bits per heavy atom. The van der Waals surface area contributed by atoms with Crippen molar-refractivity contribution in [3.63, 3.8) is 0 Å². The summed E-state index contributed by atoms with van der Waals surface area (Å²) in [6.45, 7) is 1.21. The molecule has 2 N–H and O–H groups in total. The molecular weight excluding hydrogens is 342 g/mol. The van der Waals surface area contributed by atoms with Gasteiger partial charge in [0.25, 0.3) is 5.91 Å². The fourth-order valence-corrected chi connectivity index (χ4v) is 5.72. The highest BCUT2D eigenvalue weighted by Gasteiger charge is 2.58. The maximum Gasteiger partial charge on any atom is 0.253 e. The van der Waals surface area contributed by atoms with Crippen LogP contribution in [-0.4, -0.2) is 52.7 Å². The number of carbonyl (C=O) groups excluding carboxylic acids is 3. The summed E-state index contributed by atoms with van der Waals surface area (Å²) in [5.41, 5.74) is 6.55. The van der Waals surface area contributed by atoms with E-state index in [0.717, 1.165) is 18.8 Å². The van der Waals surface area contributed by atoms with Crippen molar-refractivity contribution in [3.8, 4) is 0 Å². The van der Waals surface area contributed by atoms with Crippen LogP contribution in [0.3, 0.4) is 0 Å². The number of hydrogen-bond acceptors (Lipinski definition) is 3. The predicted molar refractivity (Wildman–Crippen MR) is 98.9 cm³/mol. The minimum Gasteiger partial charge on any atom is -0.366 e. The number of likely N-dealkylation sites (tertiary alicyclic amines) is 1. The van der Waals surface area contributed by atoms with Gasteiger partial charge < -0.3 is 15.5 Å². The van der Waals surface area contributed by atoms with E-state index >= 15 is 0 Å². The van der Waals surface area contributed by atoms with E-state index < -0.39 is 5.91 Å². The molecule has 1 aromatic carbocycles. The number of hydrogen-bond donors (Lipinski definition) is 1. The van der Waals surface area contributed by atoms with E-state index in [-0.39, 0.29) is 18.0 Å². The van der Waals surface area contributed by atoms with Crippen molar-refractivity contribution in [1.82, 2.24) is 9.80 Å². The van der Waals surface area contributed by atoms with Crippen molar-refractivity contribution in [3.05, 3.63) is 35.4 Å². The van der Waals surface area contributed by atoms with E-state index in [2.05, 4.69) is 4.90 Å². The molecule has 6 nitrogen and oxygen atoms in total. The molecule has 2 atom stereocenters. The molecule has 6 heteroatoms. The van der Waals surface area contributed by atoms with E-state index in [4.69, 9.17) is 5.73 Å². The molecular formula is C21H25N3O3. The highest BCUT2D eigenvalue weighted by atomic mass is 16.2. The predicted octanol–water partition coefficient (Wildman–Crippen LogP) is 1.79. The Morgan fingerprint density at radius 2 is 1.52 bits per heavy atom. The molecule has 3 aliphatic carbocycles. The fourth-order valence-electron chi connectivity index (χ4n) is 5.72. The van der Waals surface area contributed by atoms with Crippen LogP contribution in [0.15, 0.2) is 24.3 Å². The first-order chi connectivity index (χ1) is 12.9. The van der Waals surface area contributed by atoms with Gasteiger partial charge in [0.15, 0.2) is 0 Å². The largest absolute Gasteiger partial charge is 0.366 e. The van der Waals surface area contributed by atoms with Gasteiger partial charge in [0.05, 0.1) is 0 Å². The monoisotopic (exact) mass is 367 g/mol. The summed E-state index contributed by atoms with van der Waals surface area (Å²) in [6, 6.07) is 6.80. The lowest BCUT2D eigenvalue weighted by atomic mass is 9.43. The van der Waals surface area contributed by atoms with Gasteiger partial charge in [0.2, 0.25) is 11.8 Å². The zero-order chi connectivity index (χ0) is 18.8. The van der Waals surface area contributed by atoms with Gasteiger partial charge in [-0.3, -0.25) is 14.4 Å². The molecule has 2 unspecified atom stereocenters. The van der Waals surface area contributed by atoms with Crippen LogP contribution in [0.5, 0.6) is 0 Å². The van der Waals surface area contributed by atoms with Crippen molar-refractivity contribution in [2.24, 2.45) is 17.1 Å². The molecule has 4 bridgehead atoms. The van der Waals surface area contributed by atoms with Crippen LogP contribution in [0.25, 0.3) is 0 Å². The molecule has 27 heavy (non-hydrogen) atoms. The number of nitrogens with zero attached hydrogens (tertiary/aromatic N) is 2. The van der Waals surface area contributed by atoms with Gasteiger partial charge in [-0.1, -0.05) is 0 Å². The molecule has 5 fully saturated rings. The Labute approximate surface area is 158 Å². The summed E-state index contributed by atoms with van der Waals surface area (Å²) in [5, 5.41) is 0. The Balaban J connectivity index is 1.25. The first kappa shape index (κ1) is 16.8. The SMILES string of the molecule is NC(=O)c1ccc(C(=O)N2CC3CCC(C2)N3C(=O)CC23CC(C2)C3)cc1. The van der Waals surface area contributed by atoms with Gasteiger partial charge in [0.1, 0.15) is 0 Å². The molecule has 6 rings (SSSR count). The smallest absolute Gasteiger partial charge is 0.253 e. The molecule has 1 aromatic rings. The third-order valence-corrected chi connectivity index (χ3v) is 7.17. The van der Waals surface area contributed by atoms with Gasteiger partial charge in [-0.05, 0) is 67.7 Å². The average molecular weight is 367 g/mol. The lowest BCUT2D eigenvalue weighted by Crippen LogP contribution is -2.60. The minimum absolute atomic E-state index is 0.0329. The van der Waals surface area contributed by atoms with Crippen LogP contribution in [0.2, 0.25) is 0 Å². The summed E-state index contributed by atoms with van der Waals surface area (Å²) in [7, 11) is 0. The third-order valence-electron chi connectivity index (χ3n) is 7.17. The van der Waals surface area contributed by atoms with Crippen molar-refractivity contribution in [1.29, 1.82) is 0 Å². The number of fused-ring (bicyclic) bond motifs is 2. The average Bonchev–Trinajstić information content (AvgIpc) is 2.86. The first-order valence-corrected chi connectivity index (χ1v) is 9.94. The highest BCUT2D eigenvalue weighted by Crippen LogP contribution is 2.66. The highest BCUT2D eigenvalue weighted by molar-refractivity contribution is 5.97. The van der Waals surface area contributed by atoms with Crippen LogP contribution in [0.4, 0.5) is 0 Å². The van der Waals surface area contributed by atoms with Crippen LogP contribution >= 0.6 is 0 Å². The van der Waals surface area contributed by atoms with E-state index in [0.29, 0.717) is 42.0 Å². The number of benzene rings is 1. The molecule has 142 valence electrons. The summed E-state index contributed by atoms with van der Waals surface area (Å²) >= 11 is 0. The number of amides is 3. The Kier molecular flexibility index (Phi) is 3.61. The van der Waals surface area contributed by atoms with Gasteiger partial charge in [-0.25, -0.2) is 0 Å². The standard InChI is InChI=1S/C21H25N3O3/c22-19(26)14-1-3-15(4-2-14)20(27)23-11-16-5-6-17(12-23)24(16)18(25)10-21-7-13(8-21)9-21/h1-4,13,16-17H,5-12H2,(H2,22,26). The number of carbonyl (C=O) groups is 3. The van der Waals surface area contributed by atoms with Crippen molar-refractivity contribution < 1.29 is 14.4 Å². The first-order valence-electron chi connectivity index (χ1n) is 9.94. The van der Waals surface area contributed by atoms with Crippen molar-refractivity contribution in [2.75, 3.05) is 13.1 Å². The minimum atomic E-state index is -0.497. The van der Waals surface area contributed by atoms with Crippen molar-refractivity contribution in [2.45, 2.75) is 50.6 Å². The molecule has 5 aliphatic rings. The number of piperazine rings is 1. The number of nitrogens with two attached hydrogens (primary N) is 1. The summed E-state index contributed by atoms with van der Waals surface area (Å²) in [6.07, 6.45) is 6.40. The van der Waals surface area contributed by atoms with Crippen LogP contribution in [0, 0.1) is 11.3 Å². The van der Waals surface area contributed by atoms with E-state index in [1.54, 1.807) is 24.3 Å². The fraction of sp³-hybridized carbons (Fsp3) is 0.571. The maximum atomic E-state index is 12.9. The van der Waals surface area contributed by atoms with E-state index in [9.17, 15) is 14.4 Å². The van der Waals surface area contributed by atoms with E-state index in [1.165, 1.54) is 19.3 Å². The molecule has 2 saturated heterocycles. The second kappa shape index (κ2) is 5.81. The number of primary amides is 1. The molecule has 2 heterocycles. The van der Waals surface area contributed by atoms with Gasteiger partial charge >= 0.3 is 0 Å². The zero-order valence-electron chi connectivity index (χ0n) is 15.4. The normalized spacial score (nSPS) is 33.3. The Morgan fingerprint density at radius 3 is 2.00 bits per heavy atom. The second-order valence-electron chi connectivity index (χ2n) is 8.99. The quantitative estimate of drug-likeness (QED) is 0.881. The van der Waals surface area contributed by atoms with Crippen LogP contribution in [0.1, 0.15) is 59.2 Å².